The van der Waals surface area contributed by atoms with Gasteiger partial charge < -0.3 is 10.6 Å². The second kappa shape index (κ2) is 5.31. The van der Waals surface area contributed by atoms with Gasteiger partial charge in [0.25, 0.3) is 0 Å². The molecule has 2 rings (SSSR count). The molecule has 4 nitrogen and oxygen atoms in total. The first-order valence-electron chi connectivity index (χ1n) is 5.44. The van der Waals surface area contributed by atoms with Gasteiger partial charge in [-0.15, -0.1) is 0 Å². The van der Waals surface area contributed by atoms with Crippen LogP contribution in [0.4, 0.5) is 0 Å². The molecule has 1 aromatic carbocycles. The maximum absolute atomic E-state index is 11.7. The van der Waals surface area contributed by atoms with Gasteiger partial charge in [-0.2, -0.15) is 0 Å². The van der Waals surface area contributed by atoms with Crippen LogP contribution < -0.4 is 10.6 Å². The first kappa shape index (κ1) is 12.1. The molecule has 1 aromatic rings. The van der Waals surface area contributed by atoms with E-state index in [0.717, 1.165) is 10.0 Å². The first-order chi connectivity index (χ1) is 8.13. The average molecular weight is 297 g/mol. The molecule has 1 atom stereocenters. The molecule has 17 heavy (non-hydrogen) atoms. The minimum Gasteiger partial charge on any atom is -0.354 e. The van der Waals surface area contributed by atoms with E-state index in [-0.39, 0.29) is 17.9 Å². The lowest BCUT2D eigenvalue weighted by Crippen LogP contribution is -2.37. The number of halogens is 1. The fourth-order valence-corrected chi connectivity index (χ4v) is 2.04. The van der Waals surface area contributed by atoms with E-state index in [2.05, 4.69) is 26.6 Å². The highest BCUT2D eigenvalue weighted by Crippen LogP contribution is 2.11. The molecule has 0 spiro atoms. The SMILES string of the molecule is O=C1CC(NC(=O)Cc2ccc(Br)cc2)CN1. The molecule has 0 aliphatic carbocycles. The molecule has 0 aromatic heterocycles. The molecule has 0 saturated carbocycles. The van der Waals surface area contributed by atoms with E-state index in [1.807, 2.05) is 24.3 Å². The van der Waals surface area contributed by atoms with Gasteiger partial charge in [-0.1, -0.05) is 28.1 Å². The maximum Gasteiger partial charge on any atom is 0.224 e. The Bertz CT molecular complexity index is 431. The van der Waals surface area contributed by atoms with Crippen molar-refractivity contribution in [1.82, 2.24) is 10.6 Å². The van der Waals surface area contributed by atoms with Crippen LogP contribution in [0, 0.1) is 0 Å². The molecule has 1 aliphatic rings. The Kier molecular flexibility index (Phi) is 3.78. The van der Waals surface area contributed by atoms with Crippen LogP contribution >= 0.6 is 15.9 Å². The lowest BCUT2D eigenvalue weighted by molar-refractivity contribution is -0.121. The van der Waals surface area contributed by atoms with Crippen LogP contribution in [0.25, 0.3) is 0 Å². The quantitative estimate of drug-likeness (QED) is 0.874. The van der Waals surface area contributed by atoms with E-state index in [4.69, 9.17) is 0 Å². The fraction of sp³-hybridized carbons (Fsp3) is 0.333. The number of benzene rings is 1. The van der Waals surface area contributed by atoms with Gasteiger partial charge in [-0.05, 0) is 17.7 Å². The van der Waals surface area contributed by atoms with Crippen LogP contribution in [0.3, 0.4) is 0 Å². The number of nitrogens with one attached hydrogen (secondary N) is 2. The van der Waals surface area contributed by atoms with Crippen molar-refractivity contribution in [3.8, 4) is 0 Å². The average Bonchev–Trinajstić information content (AvgIpc) is 2.67. The summed E-state index contributed by atoms with van der Waals surface area (Å²) in [4.78, 5) is 22.7. The number of hydrogen-bond donors (Lipinski definition) is 2. The van der Waals surface area contributed by atoms with E-state index in [9.17, 15) is 9.59 Å². The molecule has 5 heteroatoms. The van der Waals surface area contributed by atoms with Crippen molar-refractivity contribution >= 4 is 27.7 Å². The lowest BCUT2D eigenvalue weighted by atomic mass is 10.1. The zero-order valence-corrected chi connectivity index (χ0v) is 10.8. The van der Waals surface area contributed by atoms with E-state index >= 15 is 0 Å². The van der Waals surface area contributed by atoms with Gasteiger partial charge in [-0.25, -0.2) is 0 Å². The summed E-state index contributed by atoms with van der Waals surface area (Å²) in [6, 6.07) is 7.56. The van der Waals surface area contributed by atoms with Crippen LogP contribution in [0.5, 0.6) is 0 Å². The molecule has 0 bridgehead atoms. The van der Waals surface area contributed by atoms with Crippen LogP contribution in [0.1, 0.15) is 12.0 Å². The molecule has 1 saturated heterocycles. The number of carbonyl (C=O) groups excluding carboxylic acids is 2. The lowest BCUT2D eigenvalue weighted by Gasteiger charge is -2.10. The topological polar surface area (TPSA) is 58.2 Å². The Hall–Kier alpha value is -1.36. The van der Waals surface area contributed by atoms with Gasteiger partial charge in [-0.3, -0.25) is 9.59 Å². The summed E-state index contributed by atoms with van der Waals surface area (Å²) in [7, 11) is 0. The van der Waals surface area contributed by atoms with E-state index in [1.54, 1.807) is 0 Å². The van der Waals surface area contributed by atoms with E-state index < -0.39 is 0 Å². The van der Waals surface area contributed by atoms with Gasteiger partial charge >= 0.3 is 0 Å². The third kappa shape index (κ3) is 3.56. The molecule has 1 fully saturated rings. The molecular formula is C12H13BrN2O2. The van der Waals surface area contributed by atoms with Crippen molar-refractivity contribution in [1.29, 1.82) is 0 Å². The van der Waals surface area contributed by atoms with Crippen molar-refractivity contribution in [3.05, 3.63) is 34.3 Å². The summed E-state index contributed by atoms with van der Waals surface area (Å²) >= 11 is 3.34. The number of rotatable bonds is 3. The number of hydrogen-bond acceptors (Lipinski definition) is 2. The molecule has 1 unspecified atom stereocenters. The highest BCUT2D eigenvalue weighted by molar-refractivity contribution is 9.10. The van der Waals surface area contributed by atoms with Crippen LogP contribution in [-0.4, -0.2) is 24.4 Å². The minimum absolute atomic E-state index is 0.000980. The van der Waals surface area contributed by atoms with Crippen molar-refractivity contribution in [2.45, 2.75) is 18.9 Å². The van der Waals surface area contributed by atoms with Crippen molar-refractivity contribution < 1.29 is 9.59 Å². The fourth-order valence-electron chi connectivity index (χ4n) is 1.77. The Morgan fingerprint density at radius 3 is 2.71 bits per heavy atom. The Morgan fingerprint density at radius 2 is 2.12 bits per heavy atom. The summed E-state index contributed by atoms with van der Waals surface area (Å²) in [6.07, 6.45) is 0.726. The van der Waals surface area contributed by atoms with Crippen LogP contribution in [-0.2, 0) is 16.0 Å². The third-order valence-electron chi connectivity index (χ3n) is 2.62. The second-order valence-corrected chi connectivity index (χ2v) is 4.99. The molecular weight excluding hydrogens is 284 g/mol. The predicted octanol–water partition coefficient (Wildman–Crippen LogP) is 0.996. The summed E-state index contributed by atoms with van der Waals surface area (Å²) in [5.41, 5.74) is 0.961. The summed E-state index contributed by atoms with van der Waals surface area (Å²) < 4.78 is 0.993. The standard InChI is InChI=1S/C12H13BrN2O2/c13-9-3-1-8(2-4-9)5-12(17)15-10-6-11(16)14-7-10/h1-4,10H,5-7H2,(H,14,16)(H,15,17). The zero-order chi connectivity index (χ0) is 12.3. The largest absolute Gasteiger partial charge is 0.354 e. The molecule has 2 amide bonds. The maximum atomic E-state index is 11.7. The van der Waals surface area contributed by atoms with E-state index in [0.29, 0.717) is 19.4 Å². The number of carbonyl (C=O) groups is 2. The second-order valence-electron chi connectivity index (χ2n) is 4.08. The highest BCUT2D eigenvalue weighted by Gasteiger charge is 2.22. The summed E-state index contributed by atoms with van der Waals surface area (Å²) in [5.74, 6) is -0.0484. The van der Waals surface area contributed by atoms with Gasteiger partial charge in [0, 0.05) is 17.4 Å². The Morgan fingerprint density at radius 1 is 1.41 bits per heavy atom. The monoisotopic (exact) mass is 296 g/mol. The van der Waals surface area contributed by atoms with Gasteiger partial charge in [0.05, 0.1) is 12.5 Å². The normalized spacial score (nSPS) is 18.9. The molecule has 0 radical (unpaired) electrons. The first-order valence-corrected chi connectivity index (χ1v) is 6.23. The van der Waals surface area contributed by atoms with Gasteiger partial charge in [0.1, 0.15) is 0 Å². The molecule has 1 aliphatic heterocycles. The van der Waals surface area contributed by atoms with Gasteiger partial charge in [0.2, 0.25) is 11.8 Å². The molecule has 90 valence electrons. The predicted molar refractivity (Wildman–Crippen MR) is 67.4 cm³/mol. The Balaban J connectivity index is 1.85. The summed E-state index contributed by atoms with van der Waals surface area (Å²) in [6.45, 7) is 0.533. The molecule has 2 N–H and O–H groups in total. The Labute approximate surface area is 108 Å². The van der Waals surface area contributed by atoms with E-state index in [1.165, 1.54) is 0 Å². The van der Waals surface area contributed by atoms with Crippen molar-refractivity contribution in [2.75, 3.05) is 6.54 Å². The van der Waals surface area contributed by atoms with Gasteiger partial charge in [0.15, 0.2) is 0 Å². The summed E-state index contributed by atoms with van der Waals surface area (Å²) in [5, 5.41) is 5.52. The van der Waals surface area contributed by atoms with Crippen molar-refractivity contribution in [3.63, 3.8) is 0 Å². The van der Waals surface area contributed by atoms with Crippen molar-refractivity contribution in [2.24, 2.45) is 0 Å². The zero-order valence-electron chi connectivity index (χ0n) is 9.20. The highest BCUT2D eigenvalue weighted by atomic mass is 79.9. The minimum atomic E-state index is -0.0644. The third-order valence-corrected chi connectivity index (χ3v) is 3.15. The number of amides is 2. The van der Waals surface area contributed by atoms with Crippen LogP contribution in [0.15, 0.2) is 28.7 Å². The van der Waals surface area contributed by atoms with Crippen LogP contribution in [0.2, 0.25) is 0 Å². The smallest absolute Gasteiger partial charge is 0.224 e. The molecule has 1 heterocycles.